The van der Waals surface area contributed by atoms with E-state index in [2.05, 4.69) is 31.1 Å². The van der Waals surface area contributed by atoms with Crippen molar-refractivity contribution in [2.24, 2.45) is 0 Å². The summed E-state index contributed by atoms with van der Waals surface area (Å²) in [7, 11) is 0. The summed E-state index contributed by atoms with van der Waals surface area (Å²) in [6.45, 7) is 5.04. The summed E-state index contributed by atoms with van der Waals surface area (Å²) in [4.78, 5) is 18.6. The molecule has 6 nitrogen and oxygen atoms in total. The smallest absolute Gasteiger partial charge is 0.257 e. The molecule has 0 aliphatic carbocycles. The van der Waals surface area contributed by atoms with Crippen LogP contribution in [0.15, 0.2) is 15.2 Å². The lowest BCUT2D eigenvalue weighted by Crippen LogP contribution is -2.28. The van der Waals surface area contributed by atoms with E-state index in [1.807, 2.05) is 11.8 Å². The van der Waals surface area contributed by atoms with E-state index >= 15 is 0 Å². The Balaban J connectivity index is 1.74. The maximum atomic E-state index is 12.5. The predicted molar refractivity (Wildman–Crippen MR) is 75.5 cm³/mol. The van der Waals surface area contributed by atoms with Crippen LogP contribution < -0.4 is 0 Å². The van der Waals surface area contributed by atoms with Gasteiger partial charge in [-0.25, -0.2) is 4.98 Å². The zero-order chi connectivity index (χ0) is 14.3. The van der Waals surface area contributed by atoms with E-state index in [1.165, 1.54) is 0 Å². The number of aromatic amines is 1. The molecule has 1 unspecified atom stereocenters. The quantitative estimate of drug-likeness (QED) is 0.912. The summed E-state index contributed by atoms with van der Waals surface area (Å²) in [5.74, 6) is 2.45. The maximum absolute atomic E-state index is 12.5. The zero-order valence-electron chi connectivity index (χ0n) is 11.3. The van der Waals surface area contributed by atoms with E-state index in [1.54, 1.807) is 13.0 Å². The molecule has 2 aromatic rings. The number of nitrogens with zero attached hydrogens (tertiary/aromatic N) is 3. The molecule has 0 spiro atoms. The molecular weight excluding hydrogens is 324 g/mol. The second-order valence-corrected chi connectivity index (χ2v) is 5.82. The summed E-state index contributed by atoms with van der Waals surface area (Å²) in [5, 5.41) is 7.03. The van der Waals surface area contributed by atoms with Crippen LogP contribution in [0.3, 0.4) is 0 Å². The molecule has 1 N–H and O–H groups in total. The lowest BCUT2D eigenvalue weighted by Gasteiger charge is -2.15. The van der Waals surface area contributed by atoms with Crippen LogP contribution >= 0.6 is 15.9 Å². The molecule has 2 aromatic heterocycles. The van der Waals surface area contributed by atoms with E-state index in [0.29, 0.717) is 22.5 Å². The summed E-state index contributed by atoms with van der Waals surface area (Å²) < 4.78 is 5.93. The molecule has 20 heavy (non-hydrogen) atoms. The van der Waals surface area contributed by atoms with Gasteiger partial charge in [-0.2, -0.15) is 5.10 Å². The summed E-state index contributed by atoms with van der Waals surface area (Å²) in [5.41, 5.74) is 0.615. The van der Waals surface area contributed by atoms with Gasteiger partial charge in [0.1, 0.15) is 11.6 Å². The largest absolute Gasteiger partial charge is 0.454 e. The molecule has 1 fully saturated rings. The number of nitrogens with one attached hydrogen (secondary N) is 1. The molecule has 1 atom stereocenters. The van der Waals surface area contributed by atoms with Crippen molar-refractivity contribution < 1.29 is 9.21 Å². The minimum atomic E-state index is 0.00621. The first-order valence-corrected chi connectivity index (χ1v) is 7.28. The van der Waals surface area contributed by atoms with Crippen molar-refractivity contribution in [3.05, 3.63) is 33.7 Å². The monoisotopic (exact) mass is 338 g/mol. The molecule has 1 saturated heterocycles. The SMILES string of the molecule is Cc1nc(C2CCN(C(=O)c3cc(Br)oc3C)C2)n[nH]1. The first-order chi connectivity index (χ1) is 9.54. The number of amides is 1. The van der Waals surface area contributed by atoms with Gasteiger partial charge < -0.3 is 9.32 Å². The number of aryl methyl sites for hydroxylation is 2. The average molecular weight is 339 g/mol. The van der Waals surface area contributed by atoms with Crippen molar-refractivity contribution in [3.8, 4) is 0 Å². The van der Waals surface area contributed by atoms with Gasteiger partial charge in [0.05, 0.1) is 5.56 Å². The number of H-pyrrole nitrogens is 1. The van der Waals surface area contributed by atoms with Crippen LogP contribution in [-0.2, 0) is 0 Å². The van der Waals surface area contributed by atoms with Crippen LogP contribution in [0.2, 0.25) is 0 Å². The Hall–Kier alpha value is -1.63. The number of likely N-dealkylation sites (tertiary alicyclic amines) is 1. The predicted octanol–water partition coefficient (Wildman–Crippen LogP) is 2.41. The topological polar surface area (TPSA) is 75.0 Å². The van der Waals surface area contributed by atoms with E-state index in [0.717, 1.165) is 24.6 Å². The zero-order valence-corrected chi connectivity index (χ0v) is 12.9. The van der Waals surface area contributed by atoms with Crippen LogP contribution in [0.1, 0.15) is 40.1 Å². The third-order valence-corrected chi connectivity index (χ3v) is 3.96. The van der Waals surface area contributed by atoms with E-state index in [4.69, 9.17) is 4.42 Å². The van der Waals surface area contributed by atoms with Gasteiger partial charge in [-0.1, -0.05) is 0 Å². The van der Waals surface area contributed by atoms with Crippen LogP contribution in [0.25, 0.3) is 0 Å². The molecule has 3 rings (SSSR count). The molecule has 0 saturated carbocycles. The Kier molecular flexibility index (Phi) is 3.37. The minimum absolute atomic E-state index is 0.00621. The third-order valence-electron chi connectivity index (χ3n) is 3.57. The lowest BCUT2D eigenvalue weighted by molar-refractivity contribution is 0.0789. The van der Waals surface area contributed by atoms with Crippen molar-refractivity contribution in [2.75, 3.05) is 13.1 Å². The Morgan fingerprint density at radius 2 is 2.35 bits per heavy atom. The number of carbonyl (C=O) groups excluding carboxylic acids is 1. The highest BCUT2D eigenvalue weighted by Gasteiger charge is 2.31. The Morgan fingerprint density at radius 3 is 2.95 bits per heavy atom. The van der Waals surface area contributed by atoms with Gasteiger partial charge in [0.25, 0.3) is 5.91 Å². The number of aromatic nitrogens is 3. The van der Waals surface area contributed by atoms with Gasteiger partial charge in [0.15, 0.2) is 10.5 Å². The number of halogens is 1. The second-order valence-electron chi connectivity index (χ2n) is 5.04. The van der Waals surface area contributed by atoms with Crippen LogP contribution in [0.5, 0.6) is 0 Å². The molecule has 3 heterocycles. The summed E-state index contributed by atoms with van der Waals surface area (Å²) in [6, 6.07) is 1.72. The van der Waals surface area contributed by atoms with Crippen molar-refractivity contribution in [3.63, 3.8) is 0 Å². The fourth-order valence-electron chi connectivity index (χ4n) is 2.53. The third kappa shape index (κ3) is 2.37. The molecule has 1 amide bonds. The highest BCUT2D eigenvalue weighted by Crippen LogP contribution is 2.28. The number of rotatable bonds is 2. The van der Waals surface area contributed by atoms with Crippen molar-refractivity contribution in [1.82, 2.24) is 20.1 Å². The Labute approximate surface area is 124 Å². The van der Waals surface area contributed by atoms with Crippen LogP contribution in [0, 0.1) is 13.8 Å². The lowest BCUT2D eigenvalue weighted by atomic mass is 10.1. The van der Waals surface area contributed by atoms with Gasteiger partial charge in [0, 0.05) is 25.1 Å². The number of hydrogen-bond donors (Lipinski definition) is 1. The Bertz CT molecular complexity index is 649. The van der Waals surface area contributed by atoms with Crippen molar-refractivity contribution in [1.29, 1.82) is 0 Å². The van der Waals surface area contributed by atoms with Crippen molar-refractivity contribution in [2.45, 2.75) is 26.2 Å². The highest BCUT2D eigenvalue weighted by molar-refractivity contribution is 9.10. The number of furan rings is 1. The second kappa shape index (κ2) is 5.05. The summed E-state index contributed by atoms with van der Waals surface area (Å²) in [6.07, 6.45) is 0.890. The van der Waals surface area contributed by atoms with Gasteiger partial charge in [-0.3, -0.25) is 9.89 Å². The first kappa shape index (κ1) is 13.4. The van der Waals surface area contributed by atoms with Gasteiger partial charge >= 0.3 is 0 Å². The minimum Gasteiger partial charge on any atom is -0.454 e. The fourth-order valence-corrected chi connectivity index (χ4v) is 3.00. The highest BCUT2D eigenvalue weighted by atomic mass is 79.9. The maximum Gasteiger partial charge on any atom is 0.257 e. The molecule has 0 radical (unpaired) electrons. The number of hydrogen-bond acceptors (Lipinski definition) is 4. The molecule has 7 heteroatoms. The van der Waals surface area contributed by atoms with E-state index in [-0.39, 0.29) is 11.8 Å². The van der Waals surface area contributed by atoms with Crippen LogP contribution in [-0.4, -0.2) is 39.1 Å². The summed E-state index contributed by atoms with van der Waals surface area (Å²) >= 11 is 3.25. The van der Waals surface area contributed by atoms with E-state index < -0.39 is 0 Å². The molecule has 1 aliphatic heterocycles. The normalized spacial score (nSPS) is 18.8. The first-order valence-electron chi connectivity index (χ1n) is 6.48. The molecular formula is C13H15BrN4O2. The Morgan fingerprint density at radius 1 is 1.55 bits per heavy atom. The standard InChI is InChI=1S/C13H15BrN4O2/c1-7-10(5-11(14)20-7)13(19)18-4-3-9(6-18)12-15-8(2)16-17-12/h5,9H,3-4,6H2,1-2H3,(H,15,16,17). The van der Waals surface area contributed by atoms with Crippen LogP contribution in [0.4, 0.5) is 0 Å². The van der Waals surface area contributed by atoms with Crippen molar-refractivity contribution >= 4 is 21.8 Å². The average Bonchev–Trinajstić information content (AvgIpc) is 3.08. The van der Waals surface area contributed by atoms with Gasteiger partial charge in [0.2, 0.25) is 0 Å². The molecule has 106 valence electrons. The molecule has 0 bridgehead atoms. The van der Waals surface area contributed by atoms with Gasteiger partial charge in [-0.05, 0) is 36.2 Å². The van der Waals surface area contributed by atoms with Gasteiger partial charge in [-0.15, -0.1) is 0 Å². The fraction of sp³-hybridized carbons (Fsp3) is 0.462. The van der Waals surface area contributed by atoms with E-state index in [9.17, 15) is 4.79 Å². The molecule has 0 aromatic carbocycles. The molecule has 1 aliphatic rings. The number of carbonyl (C=O) groups is 1.